The van der Waals surface area contributed by atoms with E-state index in [0.29, 0.717) is 15.8 Å². The Bertz CT molecular complexity index is 722. The maximum Gasteiger partial charge on any atom is 0.277 e. The quantitative estimate of drug-likeness (QED) is 0.650. The molecule has 0 saturated carbocycles. The molecule has 0 aliphatic carbocycles. The molecule has 0 aliphatic rings. The minimum atomic E-state index is -0.362. The van der Waals surface area contributed by atoms with E-state index in [1.54, 1.807) is 24.3 Å². The molecule has 0 radical (unpaired) electrons. The van der Waals surface area contributed by atoms with Crippen molar-refractivity contribution in [1.82, 2.24) is 5.43 Å². The minimum absolute atomic E-state index is 0.139. The van der Waals surface area contributed by atoms with Gasteiger partial charge in [0, 0.05) is 15.6 Å². The molecule has 2 aromatic rings. The first-order valence-corrected chi connectivity index (χ1v) is 7.69. The summed E-state index contributed by atoms with van der Waals surface area (Å²) in [5.41, 5.74) is 4.91. The van der Waals surface area contributed by atoms with Crippen LogP contribution in [0.5, 0.6) is 5.75 Å². The van der Waals surface area contributed by atoms with Crippen LogP contribution in [0, 0.1) is 13.8 Å². The fourth-order valence-electron chi connectivity index (χ4n) is 1.92. The number of hydrogen-bond acceptors (Lipinski definition) is 3. The Hall–Kier alpha value is -2.04. The van der Waals surface area contributed by atoms with E-state index in [0.717, 1.165) is 16.7 Å². The van der Waals surface area contributed by atoms with Crippen molar-refractivity contribution in [2.45, 2.75) is 13.8 Å². The van der Waals surface area contributed by atoms with Crippen LogP contribution in [0.4, 0.5) is 0 Å². The summed E-state index contributed by atoms with van der Waals surface area (Å²) in [6.45, 7) is 3.63. The number of ether oxygens (including phenoxy) is 1. The summed E-state index contributed by atoms with van der Waals surface area (Å²) in [6.07, 6.45) is 1.48. The number of carbonyl (C=O) groups is 1. The van der Waals surface area contributed by atoms with Gasteiger partial charge in [0.1, 0.15) is 5.75 Å². The van der Waals surface area contributed by atoms with Crippen LogP contribution in [0.25, 0.3) is 0 Å². The number of carbonyl (C=O) groups excluding carboxylic acids is 1. The van der Waals surface area contributed by atoms with Crippen LogP contribution in [0.15, 0.2) is 41.5 Å². The number of nitrogens with zero attached hydrogens (tertiary/aromatic N) is 1. The number of hydrogen-bond donors (Lipinski definition) is 1. The molecule has 0 heterocycles. The van der Waals surface area contributed by atoms with Crippen molar-refractivity contribution in [3.05, 3.63) is 63.1 Å². The van der Waals surface area contributed by atoms with Crippen molar-refractivity contribution in [2.75, 3.05) is 6.61 Å². The third-order valence-corrected chi connectivity index (χ3v) is 4.02. The van der Waals surface area contributed by atoms with Crippen molar-refractivity contribution in [3.8, 4) is 5.75 Å². The second-order valence-corrected chi connectivity index (χ2v) is 5.76. The van der Waals surface area contributed by atoms with Crippen LogP contribution in [0.3, 0.4) is 0 Å². The monoisotopic (exact) mass is 350 g/mol. The molecule has 23 heavy (non-hydrogen) atoms. The first-order chi connectivity index (χ1) is 11.0. The highest BCUT2D eigenvalue weighted by molar-refractivity contribution is 6.33. The second kappa shape index (κ2) is 7.99. The summed E-state index contributed by atoms with van der Waals surface area (Å²) in [5, 5.41) is 5.12. The van der Waals surface area contributed by atoms with Crippen molar-refractivity contribution < 1.29 is 9.53 Å². The van der Waals surface area contributed by atoms with Gasteiger partial charge in [0.2, 0.25) is 0 Å². The Morgan fingerprint density at radius 3 is 2.52 bits per heavy atom. The van der Waals surface area contributed by atoms with Gasteiger partial charge >= 0.3 is 0 Å². The van der Waals surface area contributed by atoms with Gasteiger partial charge in [-0.3, -0.25) is 4.79 Å². The van der Waals surface area contributed by atoms with E-state index in [9.17, 15) is 4.79 Å². The van der Waals surface area contributed by atoms with Crippen LogP contribution >= 0.6 is 23.2 Å². The number of nitrogens with one attached hydrogen (secondary N) is 1. The summed E-state index contributed by atoms with van der Waals surface area (Å²) < 4.78 is 5.44. The van der Waals surface area contributed by atoms with Gasteiger partial charge in [-0.2, -0.15) is 5.10 Å². The lowest BCUT2D eigenvalue weighted by molar-refractivity contribution is -0.123. The normalized spacial score (nSPS) is 10.8. The lowest BCUT2D eigenvalue weighted by Crippen LogP contribution is -2.24. The summed E-state index contributed by atoms with van der Waals surface area (Å²) in [5.74, 6) is 0.230. The van der Waals surface area contributed by atoms with Gasteiger partial charge in [-0.05, 0) is 43.2 Å². The maximum absolute atomic E-state index is 11.7. The predicted molar refractivity (Wildman–Crippen MR) is 93.6 cm³/mol. The van der Waals surface area contributed by atoms with E-state index in [-0.39, 0.29) is 12.5 Å². The van der Waals surface area contributed by atoms with E-state index in [1.165, 1.54) is 6.21 Å². The topological polar surface area (TPSA) is 50.7 Å². The minimum Gasteiger partial charge on any atom is -0.484 e. The highest BCUT2D eigenvalue weighted by Crippen LogP contribution is 2.25. The number of hydrazone groups is 1. The SMILES string of the molecule is Cc1cc(OCC(=O)N/N=C\c2ccccc2Cl)cc(C)c1Cl. The third kappa shape index (κ3) is 4.98. The standard InChI is InChI=1S/C17H16Cl2N2O2/c1-11-7-14(8-12(2)17(11)19)23-10-16(22)21-20-9-13-5-3-4-6-15(13)18/h3-9H,10H2,1-2H3,(H,21,22)/b20-9-. The van der Waals surface area contributed by atoms with E-state index in [1.807, 2.05) is 26.0 Å². The fourth-order valence-corrected chi connectivity index (χ4v) is 2.22. The molecule has 0 saturated heterocycles. The smallest absolute Gasteiger partial charge is 0.277 e. The lowest BCUT2D eigenvalue weighted by Gasteiger charge is -2.09. The molecule has 0 atom stereocenters. The second-order valence-electron chi connectivity index (χ2n) is 4.97. The molecule has 6 heteroatoms. The van der Waals surface area contributed by atoms with Crippen molar-refractivity contribution in [3.63, 3.8) is 0 Å². The van der Waals surface area contributed by atoms with Gasteiger partial charge in [-0.25, -0.2) is 5.43 Å². The largest absolute Gasteiger partial charge is 0.484 e. The van der Waals surface area contributed by atoms with E-state index in [4.69, 9.17) is 27.9 Å². The molecule has 0 unspecified atom stereocenters. The average Bonchev–Trinajstić information content (AvgIpc) is 2.52. The number of amides is 1. The third-order valence-electron chi connectivity index (χ3n) is 3.08. The van der Waals surface area contributed by atoms with Gasteiger partial charge in [0.25, 0.3) is 5.91 Å². The highest BCUT2D eigenvalue weighted by Gasteiger charge is 2.06. The first kappa shape index (κ1) is 17.3. The molecule has 2 rings (SSSR count). The number of rotatable bonds is 5. The Morgan fingerprint density at radius 1 is 1.22 bits per heavy atom. The summed E-state index contributed by atoms with van der Waals surface area (Å²) >= 11 is 12.1. The fraction of sp³-hybridized carbons (Fsp3) is 0.176. The van der Waals surface area contributed by atoms with E-state index < -0.39 is 0 Å². The molecular formula is C17H16Cl2N2O2. The van der Waals surface area contributed by atoms with E-state index in [2.05, 4.69) is 10.5 Å². The van der Waals surface area contributed by atoms with Crippen LogP contribution in [0.2, 0.25) is 10.0 Å². The van der Waals surface area contributed by atoms with Crippen LogP contribution in [0.1, 0.15) is 16.7 Å². The molecule has 0 spiro atoms. The van der Waals surface area contributed by atoms with Crippen molar-refractivity contribution in [2.24, 2.45) is 5.10 Å². The Labute approximate surface area is 145 Å². The molecule has 0 bridgehead atoms. The first-order valence-electron chi connectivity index (χ1n) is 6.93. The van der Waals surface area contributed by atoms with Gasteiger partial charge in [0.05, 0.1) is 6.21 Å². The molecule has 1 amide bonds. The van der Waals surface area contributed by atoms with Crippen molar-refractivity contribution in [1.29, 1.82) is 0 Å². The van der Waals surface area contributed by atoms with Gasteiger partial charge in [-0.1, -0.05) is 41.4 Å². The zero-order valence-corrected chi connectivity index (χ0v) is 14.3. The average molecular weight is 351 g/mol. The zero-order valence-electron chi connectivity index (χ0n) is 12.8. The lowest BCUT2D eigenvalue weighted by atomic mass is 10.1. The van der Waals surface area contributed by atoms with Crippen molar-refractivity contribution >= 4 is 35.3 Å². The molecular weight excluding hydrogens is 335 g/mol. The van der Waals surface area contributed by atoms with Crippen LogP contribution in [-0.2, 0) is 4.79 Å². The van der Waals surface area contributed by atoms with E-state index >= 15 is 0 Å². The van der Waals surface area contributed by atoms with Gasteiger partial charge in [0.15, 0.2) is 6.61 Å². The Kier molecular flexibility index (Phi) is 6.02. The summed E-state index contributed by atoms with van der Waals surface area (Å²) in [7, 11) is 0. The summed E-state index contributed by atoms with van der Waals surface area (Å²) in [4.78, 5) is 11.7. The zero-order chi connectivity index (χ0) is 16.8. The highest BCUT2D eigenvalue weighted by atomic mass is 35.5. The van der Waals surface area contributed by atoms with Gasteiger partial charge in [-0.15, -0.1) is 0 Å². The van der Waals surface area contributed by atoms with Crippen LogP contribution in [-0.4, -0.2) is 18.7 Å². The molecule has 4 nitrogen and oxygen atoms in total. The molecule has 0 fully saturated rings. The molecule has 0 aliphatic heterocycles. The predicted octanol–water partition coefficient (Wildman–Crippen LogP) is 4.14. The molecule has 120 valence electrons. The number of aryl methyl sites for hydroxylation is 2. The maximum atomic E-state index is 11.7. The number of benzene rings is 2. The molecule has 0 aromatic heterocycles. The summed E-state index contributed by atoms with van der Waals surface area (Å²) in [6, 6.07) is 10.8. The van der Waals surface area contributed by atoms with Gasteiger partial charge < -0.3 is 4.74 Å². The molecule has 2 aromatic carbocycles. The Morgan fingerprint density at radius 2 is 1.87 bits per heavy atom. The molecule has 1 N–H and O–H groups in total. The Balaban J connectivity index is 1.87. The van der Waals surface area contributed by atoms with Crippen LogP contribution < -0.4 is 10.2 Å². The number of halogens is 2.